The van der Waals surface area contributed by atoms with E-state index in [0.29, 0.717) is 25.4 Å². The highest BCUT2D eigenvalue weighted by Gasteiger charge is 2.23. The highest BCUT2D eigenvalue weighted by molar-refractivity contribution is 5.85. The molecule has 30 heavy (non-hydrogen) atoms. The lowest BCUT2D eigenvalue weighted by Crippen LogP contribution is -2.31. The van der Waals surface area contributed by atoms with Crippen LogP contribution in [0.2, 0.25) is 0 Å². The van der Waals surface area contributed by atoms with Crippen LogP contribution in [-0.4, -0.2) is 25.9 Å². The smallest absolute Gasteiger partial charge is 0.336 e. The lowest BCUT2D eigenvalue weighted by Gasteiger charge is -2.29. The molecule has 158 valence electrons. The Balaban J connectivity index is 1.66. The summed E-state index contributed by atoms with van der Waals surface area (Å²) in [5.74, 6) is 2.30. The normalized spacial score (nSPS) is 13.7. The number of hydrogen-bond donors (Lipinski definition) is 0. The Bertz CT molecular complexity index is 1100. The molecule has 0 saturated carbocycles. The first-order valence-corrected chi connectivity index (χ1v) is 10.3. The maximum Gasteiger partial charge on any atom is 0.336 e. The summed E-state index contributed by atoms with van der Waals surface area (Å²) in [5, 5.41) is 0.995. The van der Waals surface area contributed by atoms with Gasteiger partial charge in [0.25, 0.3) is 0 Å². The molecule has 0 saturated heterocycles. The van der Waals surface area contributed by atoms with Crippen LogP contribution < -0.4 is 19.8 Å². The molecule has 0 bridgehead atoms. The van der Waals surface area contributed by atoms with Gasteiger partial charge in [-0.25, -0.2) is 4.79 Å². The fraction of sp³-hybridized carbons (Fsp3) is 0.375. The molecule has 2 heterocycles. The van der Waals surface area contributed by atoms with Crippen molar-refractivity contribution < 1.29 is 18.6 Å². The van der Waals surface area contributed by atoms with Crippen LogP contribution in [0.3, 0.4) is 0 Å². The first-order chi connectivity index (χ1) is 14.6. The highest BCUT2D eigenvalue weighted by Crippen LogP contribution is 2.35. The maximum absolute atomic E-state index is 12.2. The molecule has 1 aliphatic rings. The minimum atomic E-state index is -0.309. The van der Waals surface area contributed by atoms with E-state index in [4.69, 9.17) is 18.6 Å². The summed E-state index contributed by atoms with van der Waals surface area (Å²) in [6.07, 6.45) is 2.98. The van der Waals surface area contributed by atoms with E-state index in [1.54, 1.807) is 20.3 Å². The molecule has 0 amide bonds. The minimum Gasteiger partial charge on any atom is -0.497 e. The zero-order valence-corrected chi connectivity index (χ0v) is 17.7. The molecule has 0 spiro atoms. The molecule has 1 aliphatic heterocycles. The van der Waals surface area contributed by atoms with Crippen LogP contribution in [0.5, 0.6) is 17.2 Å². The Kier molecular flexibility index (Phi) is 5.95. The quantitative estimate of drug-likeness (QED) is 0.535. The van der Waals surface area contributed by atoms with Gasteiger partial charge in [0.2, 0.25) is 0 Å². The fourth-order valence-corrected chi connectivity index (χ4v) is 3.94. The summed E-state index contributed by atoms with van der Waals surface area (Å²) in [7, 11) is 3.29. The van der Waals surface area contributed by atoms with Gasteiger partial charge < -0.3 is 18.6 Å². The van der Waals surface area contributed by atoms with Gasteiger partial charge in [0.15, 0.2) is 0 Å². The van der Waals surface area contributed by atoms with Crippen molar-refractivity contribution in [3.63, 3.8) is 0 Å². The first kappa shape index (κ1) is 20.3. The second-order valence-corrected chi connectivity index (χ2v) is 7.55. The third-order valence-corrected chi connectivity index (χ3v) is 5.53. The van der Waals surface area contributed by atoms with E-state index in [1.165, 1.54) is 0 Å². The van der Waals surface area contributed by atoms with Crippen LogP contribution >= 0.6 is 0 Å². The SMILES string of the molecule is CCCCc1cc(=O)oc2c3c(ccc12)OCN(Cc1ccc(OC)cc1OC)C3. The summed E-state index contributed by atoms with van der Waals surface area (Å²) >= 11 is 0. The predicted octanol–water partition coefficient (Wildman–Crippen LogP) is 4.50. The van der Waals surface area contributed by atoms with E-state index >= 15 is 0 Å². The van der Waals surface area contributed by atoms with Crippen molar-refractivity contribution in [1.82, 2.24) is 4.90 Å². The summed E-state index contributed by atoms with van der Waals surface area (Å²) in [4.78, 5) is 14.4. The highest BCUT2D eigenvalue weighted by atomic mass is 16.5. The number of benzene rings is 2. The van der Waals surface area contributed by atoms with Crippen molar-refractivity contribution in [1.29, 1.82) is 0 Å². The molecule has 6 nitrogen and oxygen atoms in total. The Morgan fingerprint density at radius 2 is 1.93 bits per heavy atom. The monoisotopic (exact) mass is 409 g/mol. The standard InChI is InChI=1S/C24H27NO5/c1-4-5-6-16-11-23(26)30-24-19(16)9-10-21-20(24)14-25(15-29-21)13-17-7-8-18(27-2)12-22(17)28-3/h7-12H,4-6,13-15H2,1-3H3. The van der Waals surface area contributed by atoms with E-state index < -0.39 is 0 Å². The molecule has 3 aromatic rings. The fourth-order valence-electron chi connectivity index (χ4n) is 3.94. The van der Waals surface area contributed by atoms with E-state index in [9.17, 15) is 4.79 Å². The number of fused-ring (bicyclic) bond motifs is 3. The summed E-state index contributed by atoms with van der Waals surface area (Å²) in [6.45, 7) is 3.87. The number of aryl methyl sites for hydroxylation is 1. The Morgan fingerprint density at radius 3 is 2.70 bits per heavy atom. The van der Waals surface area contributed by atoms with Crippen LogP contribution in [0, 0.1) is 0 Å². The van der Waals surface area contributed by atoms with Crippen molar-refractivity contribution in [2.75, 3.05) is 21.0 Å². The first-order valence-electron chi connectivity index (χ1n) is 10.3. The second kappa shape index (κ2) is 8.79. The lowest BCUT2D eigenvalue weighted by molar-refractivity contribution is 0.0882. The van der Waals surface area contributed by atoms with Crippen molar-refractivity contribution >= 4 is 11.0 Å². The topological polar surface area (TPSA) is 61.1 Å². The zero-order valence-electron chi connectivity index (χ0n) is 17.7. The average Bonchev–Trinajstić information content (AvgIpc) is 2.77. The van der Waals surface area contributed by atoms with Gasteiger partial charge in [-0.3, -0.25) is 4.90 Å². The van der Waals surface area contributed by atoms with Crippen molar-refractivity contribution in [2.24, 2.45) is 0 Å². The largest absolute Gasteiger partial charge is 0.497 e. The van der Waals surface area contributed by atoms with Gasteiger partial charge in [0.05, 0.1) is 19.8 Å². The van der Waals surface area contributed by atoms with Crippen molar-refractivity contribution in [3.05, 3.63) is 63.5 Å². The third kappa shape index (κ3) is 4.00. The molecule has 6 heteroatoms. The van der Waals surface area contributed by atoms with Crippen LogP contribution in [0.25, 0.3) is 11.0 Å². The number of rotatable bonds is 7. The maximum atomic E-state index is 12.2. The van der Waals surface area contributed by atoms with E-state index in [2.05, 4.69) is 11.8 Å². The molecular weight excluding hydrogens is 382 g/mol. The predicted molar refractivity (Wildman–Crippen MR) is 115 cm³/mol. The average molecular weight is 409 g/mol. The molecule has 4 rings (SSSR count). The molecule has 0 N–H and O–H groups in total. The molecule has 1 aromatic heterocycles. The molecule has 0 unspecified atom stereocenters. The van der Waals surface area contributed by atoms with E-state index in [-0.39, 0.29) is 5.63 Å². The Labute approximate surface area is 176 Å². The van der Waals surface area contributed by atoms with Crippen molar-refractivity contribution in [2.45, 2.75) is 39.3 Å². The molecule has 0 fully saturated rings. The van der Waals surface area contributed by atoms with Gasteiger partial charge in [-0.1, -0.05) is 19.4 Å². The zero-order chi connectivity index (χ0) is 21.1. The van der Waals surface area contributed by atoms with Gasteiger partial charge in [-0.15, -0.1) is 0 Å². The summed E-state index contributed by atoms with van der Waals surface area (Å²) < 4.78 is 22.5. The molecule has 0 aliphatic carbocycles. The van der Waals surface area contributed by atoms with E-state index in [0.717, 1.165) is 58.6 Å². The molecule has 0 radical (unpaired) electrons. The lowest BCUT2D eigenvalue weighted by atomic mass is 10.0. The summed E-state index contributed by atoms with van der Waals surface area (Å²) in [6, 6.07) is 11.4. The molecule has 2 aromatic carbocycles. The number of nitrogens with zero attached hydrogens (tertiary/aromatic N) is 1. The van der Waals surface area contributed by atoms with Crippen LogP contribution in [0.15, 0.2) is 45.6 Å². The number of unbranched alkanes of at least 4 members (excludes halogenated alkanes) is 1. The number of hydrogen-bond acceptors (Lipinski definition) is 6. The second-order valence-electron chi connectivity index (χ2n) is 7.55. The van der Waals surface area contributed by atoms with Gasteiger partial charge in [-0.2, -0.15) is 0 Å². The van der Waals surface area contributed by atoms with Crippen LogP contribution in [-0.2, 0) is 19.5 Å². The van der Waals surface area contributed by atoms with Crippen LogP contribution in [0.1, 0.15) is 36.5 Å². The van der Waals surface area contributed by atoms with Gasteiger partial charge >= 0.3 is 5.63 Å². The number of ether oxygens (including phenoxy) is 3. The van der Waals surface area contributed by atoms with Gasteiger partial charge in [0, 0.05) is 36.2 Å². The minimum absolute atomic E-state index is 0.309. The Hall–Kier alpha value is -2.99. The van der Waals surface area contributed by atoms with Gasteiger partial charge in [-0.05, 0) is 36.6 Å². The Morgan fingerprint density at radius 1 is 1.07 bits per heavy atom. The van der Waals surface area contributed by atoms with Gasteiger partial charge in [0.1, 0.15) is 29.6 Å². The van der Waals surface area contributed by atoms with Crippen LogP contribution in [0.4, 0.5) is 0 Å². The summed E-state index contributed by atoms with van der Waals surface area (Å²) in [5.41, 5.74) is 3.32. The van der Waals surface area contributed by atoms with Crippen molar-refractivity contribution in [3.8, 4) is 17.2 Å². The molecular formula is C24H27NO5. The third-order valence-electron chi connectivity index (χ3n) is 5.53. The molecule has 0 atom stereocenters. The van der Waals surface area contributed by atoms with E-state index in [1.807, 2.05) is 30.3 Å². The number of methoxy groups -OCH3 is 2.